The van der Waals surface area contributed by atoms with Crippen molar-refractivity contribution in [3.05, 3.63) is 30.3 Å². The van der Waals surface area contributed by atoms with Gasteiger partial charge < -0.3 is 4.74 Å². The van der Waals surface area contributed by atoms with E-state index in [0.717, 1.165) is 0 Å². The molecule has 0 fully saturated rings. The number of benzene rings is 1. The molecule has 0 atom stereocenters. The Bertz CT molecular complexity index is 160. The van der Waals surface area contributed by atoms with E-state index in [0.29, 0.717) is 5.75 Å². The molecular formula is C7H6O2. The summed E-state index contributed by atoms with van der Waals surface area (Å²) in [6.07, 6.45) is 0. The molecule has 0 aliphatic carbocycles. The van der Waals surface area contributed by atoms with E-state index in [2.05, 4.69) is 10.8 Å². The van der Waals surface area contributed by atoms with Gasteiger partial charge >= 0.3 is 0 Å². The predicted octanol–water partition coefficient (Wildman–Crippen LogP) is 1.25. The van der Waals surface area contributed by atoms with Crippen molar-refractivity contribution in [1.29, 1.82) is 0 Å². The molecule has 0 spiro atoms. The van der Waals surface area contributed by atoms with Gasteiger partial charge in [-0.15, -0.1) is 0 Å². The Hall–Kier alpha value is -1.02. The van der Waals surface area contributed by atoms with Gasteiger partial charge in [-0.05, 0) is 6.07 Å². The van der Waals surface area contributed by atoms with E-state index >= 15 is 0 Å². The van der Waals surface area contributed by atoms with Crippen molar-refractivity contribution in [3.8, 4) is 5.75 Å². The molecule has 0 aliphatic rings. The molecule has 1 aromatic carbocycles. The van der Waals surface area contributed by atoms with Crippen LogP contribution >= 0.6 is 0 Å². The molecule has 0 saturated carbocycles. The Morgan fingerprint density at radius 3 is 3.00 bits per heavy atom. The van der Waals surface area contributed by atoms with Gasteiger partial charge in [-0.25, -0.2) is 0 Å². The lowest BCUT2D eigenvalue weighted by molar-refractivity contribution is 0.0374. The number of hydrogen-bond donors (Lipinski definition) is 0. The summed E-state index contributed by atoms with van der Waals surface area (Å²) in [4.78, 5) is 0. The van der Waals surface area contributed by atoms with Crippen LogP contribution in [0.3, 0.4) is 0 Å². The molecule has 1 rings (SSSR count). The molecule has 0 N–H and O–H groups in total. The smallest absolute Gasteiger partial charge is 0.221 e. The van der Waals surface area contributed by atoms with E-state index in [-0.39, 0.29) is 0 Å². The summed E-state index contributed by atoms with van der Waals surface area (Å²) < 4.78 is 4.59. The molecule has 9 heavy (non-hydrogen) atoms. The molecule has 1 aromatic rings. The standard InChI is InChI=1S/C7H6O2/c8-6-9-7-4-2-1-3-5-7/h1-4H,6H2. The minimum absolute atomic E-state index is 0.507. The molecule has 0 heterocycles. The first kappa shape index (κ1) is 6.11. The first-order chi connectivity index (χ1) is 4.43. The van der Waals surface area contributed by atoms with Crippen molar-refractivity contribution in [3.63, 3.8) is 0 Å². The lowest BCUT2D eigenvalue weighted by Crippen LogP contribution is -1.91. The highest BCUT2D eigenvalue weighted by Crippen LogP contribution is 2.05. The molecule has 0 amide bonds. The van der Waals surface area contributed by atoms with Crippen molar-refractivity contribution in [2.45, 2.75) is 0 Å². The van der Waals surface area contributed by atoms with Crippen LogP contribution in [0.15, 0.2) is 24.3 Å². The fraction of sp³-hybridized carbons (Fsp3) is 0.143. The fourth-order valence-electron chi connectivity index (χ4n) is 0.530. The second-order valence-corrected chi connectivity index (χ2v) is 1.49. The van der Waals surface area contributed by atoms with Gasteiger partial charge in [-0.3, -0.25) is 0 Å². The summed E-state index contributed by atoms with van der Waals surface area (Å²) in [5, 5.41) is 9.86. The molecule has 0 saturated heterocycles. The highest BCUT2D eigenvalue weighted by atomic mass is 16.6. The first-order valence-corrected chi connectivity index (χ1v) is 2.61. The third kappa shape index (κ3) is 1.74. The van der Waals surface area contributed by atoms with Gasteiger partial charge in [0.2, 0.25) is 6.79 Å². The summed E-state index contributed by atoms with van der Waals surface area (Å²) in [5.41, 5.74) is 0. The van der Waals surface area contributed by atoms with Crippen molar-refractivity contribution in [1.82, 2.24) is 0 Å². The van der Waals surface area contributed by atoms with Crippen LogP contribution in [0.1, 0.15) is 0 Å². The topological polar surface area (TPSA) is 29.1 Å². The Balaban J connectivity index is 2.61. The minimum atomic E-state index is -0.541. The lowest BCUT2D eigenvalue weighted by atomic mass is 10.3. The van der Waals surface area contributed by atoms with Crippen molar-refractivity contribution in [2.75, 3.05) is 6.79 Å². The van der Waals surface area contributed by atoms with Crippen LogP contribution in [0.4, 0.5) is 0 Å². The molecule has 0 aliphatic heterocycles. The van der Waals surface area contributed by atoms with Gasteiger partial charge in [0.15, 0.2) is 0 Å². The zero-order valence-corrected chi connectivity index (χ0v) is 4.83. The summed E-state index contributed by atoms with van der Waals surface area (Å²) in [6.45, 7) is -0.541. The van der Waals surface area contributed by atoms with E-state index < -0.39 is 6.79 Å². The first-order valence-electron chi connectivity index (χ1n) is 2.61. The molecule has 2 nitrogen and oxygen atoms in total. The summed E-state index contributed by atoms with van der Waals surface area (Å²) in [6, 6.07) is 9.75. The van der Waals surface area contributed by atoms with Crippen LogP contribution in [0.5, 0.6) is 5.75 Å². The summed E-state index contributed by atoms with van der Waals surface area (Å²) >= 11 is 0. The third-order valence-electron chi connectivity index (χ3n) is 0.895. The Morgan fingerprint density at radius 2 is 2.44 bits per heavy atom. The van der Waals surface area contributed by atoms with Crippen LogP contribution in [0.25, 0.3) is 0 Å². The lowest BCUT2D eigenvalue weighted by Gasteiger charge is -1.96. The molecular weight excluding hydrogens is 116 g/mol. The van der Waals surface area contributed by atoms with Gasteiger partial charge in [0.1, 0.15) is 5.75 Å². The van der Waals surface area contributed by atoms with Gasteiger partial charge in [0.25, 0.3) is 0 Å². The highest BCUT2D eigenvalue weighted by Gasteiger charge is 1.86. The average Bonchev–Trinajstić information content (AvgIpc) is 1.91. The Morgan fingerprint density at radius 1 is 1.56 bits per heavy atom. The third-order valence-corrected chi connectivity index (χ3v) is 0.895. The van der Waals surface area contributed by atoms with Crippen LogP contribution in [-0.4, -0.2) is 6.79 Å². The molecule has 2 radical (unpaired) electrons. The maximum Gasteiger partial charge on any atom is 0.221 e. The van der Waals surface area contributed by atoms with Gasteiger partial charge in [0, 0.05) is 6.07 Å². The largest absolute Gasteiger partial charge is 0.464 e. The average molecular weight is 122 g/mol. The molecule has 2 heteroatoms. The van der Waals surface area contributed by atoms with E-state index in [1.165, 1.54) is 0 Å². The SMILES string of the molecule is [O]COc1[c]cccc1. The second-order valence-electron chi connectivity index (χ2n) is 1.49. The number of hydrogen-bond acceptors (Lipinski definition) is 1. The van der Waals surface area contributed by atoms with E-state index in [1.807, 2.05) is 6.07 Å². The maximum absolute atomic E-state index is 9.86. The fourth-order valence-corrected chi connectivity index (χ4v) is 0.530. The Kier molecular flexibility index (Phi) is 2.10. The second kappa shape index (κ2) is 3.10. The normalized spacial score (nSPS) is 9.00. The molecule has 0 bridgehead atoms. The number of rotatable bonds is 2. The van der Waals surface area contributed by atoms with Crippen LogP contribution in [-0.2, 0) is 5.11 Å². The van der Waals surface area contributed by atoms with Gasteiger partial charge in [-0.2, -0.15) is 5.11 Å². The van der Waals surface area contributed by atoms with E-state index in [4.69, 9.17) is 0 Å². The van der Waals surface area contributed by atoms with Gasteiger partial charge in [-0.1, -0.05) is 18.2 Å². The monoisotopic (exact) mass is 122 g/mol. The highest BCUT2D eigenvalue weighted by molar-refractivity contribution is 5.18. The zero-order valence-electron chi connectivity index (χ0n) is 4.83. The van der Waals surface area contributed by atoms with Gasteiger partial charge in [0.05, 0.1) is 0 Å². The van der Waals surface area contributed by atoms with Crippen molar-refractivity contribution in [2.24, 2.45) is 0 Å². The van der Waals surface area contributed by atoms with Crippen molar-refractivity contribution >= 4 is 0 Å². The van der Waals surface area contributed by atoms with Crippen LogP contribution in [0, 0.1) is 6.07 Å². The quantitative estimate of drug-likeness (QED) is 0.543. The molecule has 0 aromatic heterocycles. The predicted molar refractivity (Wildman–Crippen MR) is 31.5 cm³/mol. The number of ether oxygens (including phenoxy) is 1. The van der Waals surface area contributed by atoms with Crippen molar-refractivity contribution < 1.29 is 9.84 Å². The molecule has 46 valence electrons. The van der Waals surface area contributed by atoms with E-state index in [9.17, 15) is 5.11 Å². The summed E-state index contributed by atoms with van der Waals surface area (Å²) in [5.74, 6) is 0.507. The van der Waals surface area contributed by atoms with Crippen LogP contribution < -0.4 is 4.74 Å². The number of para-hydroxylation sites is 1. The Labute approximate surface area is 53.7 Å². The van der Waals surface area contributed by atoms with Crippen LogP contribution in [0.2, 0.25) is 0 Å². The maximum atomic E-state index is 9.86. The zero-order chi connectivity index (χ0) is 6.53. The molecule has 0 unspecified atom stereocenters. The minimum Gasteiger partial charge on any atom is -0.464 e. The van der Waals surface area contributed by atoms with E-state index in [1.54, 1.807) is 18.2 Å². The summed E-state index contributed by atoms with van der Waals surface area (Å²) in [7, 11) is 0.